The van der Waals surface area contributed by atoms with E-state index in [1.165, 1.54) is 0 Å². The van der Waals surface area contributed by atoms with Crippen molar-refractivity contribution in [3.8, 4) is 0 Å². The normalized spacial score (nSPS) is 12.1. The topological polar surface area (TPSA) is 75.0 Å². The first-order chi connectivity index (χ1) is 8.68. The van der Waals surface area contributed by atoms with Crippen LogP contribution in [0.5, 0.6) is 0 Å². The van der Waals surface area contributed by atoms with Crippen molar-refractivity contribution in [3.63, 3.8) is 0 Å². The second-order valence-corrected chi connectivity index (χ2v) is 4.19. The molecule has 0 aliphatic heterocycles. The number of likely N-dealkylation sites (N-methyl/N-ethyl adjacent to an activating group) is 1. The van der Waals surface area contributed by atoms with Crippen molar-refractivity contribution in [2.45, 2.75) is 12.6 Å². The molecule has 0 aliphatic carbocycles. The van der Waals surface area contributed by atoms with Crippen LogP contribution in [-0.2, 0) is 11.3 Å². The van der Waals surface area contributed by atoms with Gasteiger partial charge in [0.1, 0.15) is 6.04 Å². The molecule has 5 nitrogen and oxygen atoms in total. The second-order valence-electron chi connectivity index (χ2n) is 4.19. The van der Waals surface area contributed by atoms with E-state index in [0.29, 0.717) is 6.54 Å². The molecule has 3 N–H and O–H groups in total. The van der Waals surface area contributed by atoms with E-state index >= 15 is 0 Å². The van der Waals surface area contributed by atoms with E-state index in [1.54, 1.807) is 24.3 Å². The van der Waals surface area contributed by atoms with Crippen LogP contribution in [0.4, 0.5) is 0 Å². The molecule has 0 spiro atoms. The third-order valence-corrected chi connectivity index (χ3v) is 2.78. The van der Waals surface area contributed by atoms with Gasteiger partial charge in [0.2, 0.25) is 5.91 Å². The summed E-state index contributed by atoms with van der Waals surface area (Å²) in [5.41, 5.74) is 7.72. The van der Waals surface area contributed by atoms with Gasteiger partial charge in [0.15, 0.2) is 0 Å². The summed E-state index contributed by atoms with van der Waals surface area (Å²) in [7, 11) is 1.73. The van der Waals surface area contributed by atoms with Crippen molar-refractivity contribution in [2.75, 3.05) is 7.05 Å². The lowest BCUT2D eigenvalue weighted by atomic mass is 10.1. The summed E-state index contributed by atoms with van der Waals surface area (Å²) in [6.45, 7) is 0.496. The summed E-state index contributed by atoms with van der Waals surface area (Å²) >= 11 is 0. The molecule has 0 saturated heterocycles. The summed E-state index contributed by atoms with van der Waals surface area (Å²) in [5, 5.41) is 6.56. The fraction of sp³-hybridized carbons (Fsp3) is 0.231. The summed E-state index contributed by atoms with van der Waals surface area (Å²) in [4.78, 5) is 13.7. The molecule has 1 amide bonds. The summed E-state index contributed by atoms with van der Waals surface area (Å²) < 4.78 is 0. The molecular formula is C13H16N4O. The Balaban J connectivity index is 2.02. The molecule has 1 heterocycles. The quantitative estimate of drug-likeness (QED) is 0.844. The Labute approximate surface area is 106 Å². The number of carbonyl (C=O) groups excluding carboxylic acids is 1. The minimum atomic E-state index is -0.622. The van der Waals surface area contributed by atoms with E-state index in [0.717, 1.165) is 11.1 Å². The first kappa shape index (κ1) is 12.3. The van der Waals surface area contributed by atoms with Gasteiger partial charge in [-0.1, -0.05) is 30.3 Å². The maximum atomic E-state index is 12.1. The first-order valence-electron chi connectivity index (χ1n) is 5.71. The van der Waals surface area contributed by atoms with Gasteiger partial charge in [-0.05, 0) is 5.56 Å². The molecule has 94 valence electrons. The van der Waals surface area contributed by atoms with Crippen LogP contribution in [0.3, 0.4) is 0 Å². The van der Waals surface area contributed by atoms with E-state index in [9.17, 15) is 4.79 Å². The van der Waals surface area contributed by atoms with E-state index in [4.69, 9.17) is 5.73 Å². The number of amides is 1. The molecule has 5 heteroatoms. The lowest BCUT2D eigenvalue weighted by Crippen LogP contribution is -2.35. The lowest BCUT2D eigenvalue weighted by Gasteiger charge is -2.20. The summed E-state index contributed by atoms with van der Waals surface area (Å²) in [5.74, 6) is -0.109. The predicted octanol–water partition coefficient (Wildman–Crippen LogP) is 1.07. The SMILES string of the molecule is CN(Cc1cn[nH]c1)C(=O)[C@H](N)c1ccccc1. The Hall–Kier alpha value is -2.14. The molecule has 0 bridgehead atoms. The fourth-order valence-corrected chi connectivity index (χ4v) is 1.76. The molecule has 0 aliphatic rings. The van der Waals surface area contributed by atoms with Crippen LogP contribution in [0, 0.1) is 0 Å². The molecule has 18 heavy (non-hydrogen) atoms. The van der Waals surface area contributed by atoms with E-state index in [1.807, 2.05) is 30.3 Å². The molecule has 1 atom stereocenters. The monoisotopic (exact) mass is 244 g/mol. The largest absolute Gasteiger partial charge is 0.340 e. The van der Waals surface area contributed by atoms with Gasteiger partial charge >= 0.3 is 0 Å². The van der Waals surface area contributed by atoms with E-state index in [-0.39, 0.29) is 5.91 Å². The van der Waals surface area contributed by atoms with Crippen molar-refractivity contribution in [1.82, 2.24) is 15.1 Å². The number of nitrogens with one attached hydrogen (secondary N) is 1. The maximum Gasteiger partial charge on any atom is 0.244 e. The number of rotatable bonds is 4. The molecule has 0 radical (unpaired) electrons. The molecule has 1 aromatic carbocycles. The van der Waals surface area contributed by atoms with Gasteiger partial charge in [-0.2, -0.15) is 5.10 Å². The molecule has 2 aromatic rings. The standard InChI is InChI=1S/C13H16N4O/c1-17(9-10-7-15-16-8-10)13(18)12(14)11-5-3-2-4-6-11/h2-8,12H,9,14H2,1H3,(H,15,16)/t12-/m1/s1. The van der Waals surface area contributed by atoms with Crippen molar-refractivity contribution in [1.29, 1.82) is 0 Å². The third kappa shape index (κ3) is 2.75. The van der Waals surface area contributed by atoms with E-state index < -0.39 is 6.04 Å². The molecular weight excluding hydrogens is 228 g/mol. The molecule has 0 fully saturated rings. The van der Waals surface area contributed by atoms with Gasteiger partial charge in [-0.25, -0.2) is 0 Å². The van der Waals surface area contributed by atoms with Gasteiger partial charge in [0, 0.05) is 25.4 Å². The number of aromatic amines is 1. The molecule has 0 unspecified atom stereocenters. The molecule has 0 saturated carbocycles. The molecule has 1 aromatic heterocycles. The zero-order valence-electron chi connectivity index (χ0n) is 10.2. The van der Waals surface area contributed by atoms with Gasteiger partial charge in [-0.15, -0.1) is 0 Å². The minimum absolute atomic E-state index is 0.109. The van der Waals surface area contributed by atoms with Crippen LogP contribution in [0.25, 0.3) is 0 Å². The number of carbonyl (C=O) groups is 1. The van der Waals surface area contributed by atoms with Crippen LogP contribution in [0.15, 0.2) is 42.7 Å². The van der Waals surface area contributed by atoms with Crippen molar-refractivity contribution in [2.24, 2.45) is 5.73 Å². The number of benzene rings is 1. The second kappa shape index (κ2) is 5.46. The Morgan fingerprint density at radius 3 is 2.78 bits per heavy atom. The molecule has 2 rings (SSSR count). The number of hydrogen-bond donors (Lipinski definition) is 2. The highest BCUT2D eigenvalue weighted by Crippen LogP contribution is 2.13. The summed E-state index contributed by atoms with van der Waals surface area (Å²) in [6, 6.07) is 8.73. The number of nitrogens with two attached hydrogens (primary N) is 1. The smallest absolute Gasteiger partial charge is 0.244 e. The lowest BCUT2D eigenvalue weighted by molar-refractivity contribution is -0.131. The Bertz CT molecular complexity index is 495. The van der Waals surface area contributed by atoms with Crippen molar-refractivity contribution < 1.29 is 4.79 Å². The highest BCUT2D eigenvalue weighted by molar-refractivity contribution is 5.82. The van der Waals surface area contributed by atoms with Gasteiger partial charge < -0.3 is 10.6 Å². The zero-order valence-corrected chi connectivity index (χ0v) is 10.2. The van der Waals surface area contributed by atoms with Crippen LogP contribution >= 0.6 is 0 Å². The highest BCUT2D eigenvalue weighted by atomic mass is 16.2. The fourth-order valence-electron chi connectivity index (χ4n) is 1.76. The van der Waals surface area contributed by atoms with Crippen LogP contribution in [-0.4, -0.2) is 28.1 Å². The van der Waals surface area contributed by atoms with Crippen molar-refractivity contribution >= 4 is 5.91 Å². The van der Waals surface area contributed by atoms with Crippen LogP contribution < -0.4 is 5.73 Å². The van der Waals surface area contributed by atoms with Crippen LogP contribution in [0.2, 0.25) is 0 Å². The Morgan fingerprint density at radius 1 is 1.44 bits per heavy atom. The number of nitrogens with zero attached hydrogens (tertiary/aromatic N) is 2. The van der Waals surface area contributed by atoms with Gasteiger partial charge in [-0.3, -0.25) is 9.89 Å². The third-order valence-electron chi connectivity index (χ3n) is 2.78. The van der Waals surface area contributed by atoms with E-state index in [2.05, 4.69) is 10.2 Å². The zero-order chi connectivity index (χ0) is 13.0. The Kier molecular flexibility index (Phi) is 3.74. The minimum Gasteiger partial charge on any atom is -0.340 e. The first-order valence-corrected chi connectivity index (χ1v) is 5.71. The van der Waals surface area contributed by atoms with Gasteiger partial charge in [0.25, 0.3) is 0 Å². The average Bonchev–Trinajstić information content (AvgIpc) is 2.91. The maximum absolute atomic E-state index is 12.1. The average molecular weight is 244 g/mol. The number of hydrogen-bond acceptors (Lipinski definition) is 3. The number of H-pyrrole nitrogens is 1. The van der Waals surface area contributed by atoms with Crippen molar-refractivity contribution in [3.05, 3.63) is 53.9 Å². The van der Waals surface area contributed by atoms with Gasteiger partial charge in [0.05, 0.1) is 6.20 Å². The summed E-state index contributed by atoms with van der Waals surface area (Å²) in [6.07, 6.45) is 3.45. The van der Waals surface area contributed by atoms with Crippen LogP contribution in [0.1, 0.15) is 17.2 Å². The highest BCUT2D eigenvalue weighted by Gasteiger charge is 2.19. The Morgan fingerprint density at radius 2 is 2.17 bits per heavy atom. The number of aromatic nitrogens is 2. The predicted molar refractivity (Wildman–Crippen MR) is 68.4 cm³/mol.